The van der Waals surface area contributed by atoms with Crippen LogP contribution in [0.5, 0.6) is 0 Å². The van der Waals surface area contributed by atoms with Crippen LogP contribution in [0.2, 0.25) is 5.02 Å². The van der Waals surface area contributed by atoms with Gasteiger partial charge < -0.3 is 4.90 Å². The Bertz CT molecular complexity index is 1050. The molecule has 3 rings (SSSR count). The molecule has 2 aromatic rings. The minimum Gasteiger partial charge on any atom is -0.349 e. The van der Waals surface area contributed by atoms with Crippen molar-refractivity contribution < 1.29 is 22.0 Å². The molecule has 1 aliphatic carbocycles. The Hall–Kier alpha value is -1.99. The highest BCUT2D eigenvalue weighted by atomic mass is 35.5. The van der Waals surface area contributed by atoms with Crippen molar-refractivity contribution in [1.82, 2.24) is 4.90 Å². The number of halogens is 3. The molecule has 2 aromatic carbocycles. The maximum absolute atomic E-state index is 14.8. The summed E-state index contributed by atoms with van der Waals surface area (Å²) in [6.45, 7) is 0. The van der Waals surface area contributed by atoms with Crippen molar-refractivity contribution in [2.75, 3.05) is 14.1 Å². The van der Waals surface area contributed by atoms with E-state index in [1.807, 2.05) is 0 Å². The number of hydrogen-bond donors (Lipinski definition) is 0. The van der Waals surface area contributed by atoms with Gasteiger partial charge in [0.25, 0.3) is 0 Å². The minimum absolute atomic E-state index is 0.0156. The van der Waals surface area contributed by atoms with Crippen molar-refractivity contribution in [2.24, 2.45) is 5.92 Å². The van der Waals surface area contributed by atoms with E-state index in [1.165, 1.54) is 29.2 Å². The van der Waals surface area contributed by atoms with Crippen LogP contribution in [0.15, 0.2) is 47.4 Å². The van der Waals surface area contributed by atoms with Crippen molar-refractivity contribution in [3.8, 4) is 0 Å². The number of hydrogen-bond acceptors (Lipinski definition) is 3. The van der Waals surface area contributed by atoms with Crippen molar-refractivity contribution in [1.29, 1.82) is 0 Å². The van der Waals surface area contributed by atoms with Gasteiger partial charge in [-0.3, -0.25) is 4.79 Å². The number of nitrogens with zero attached hydrogens (tertiary/aromatic N) is 1. The molecule has 0 atom stereocenters. The van der Waals surface area contributed by atoms with Gasteiger partial charge in [-0.2, -0.15) is 0 Å². The Balaban J connectivity index is 1.97. The highest BCUT2D eigenvalue weighted by Gasteiger charge is 2.50. The predicted octanol–water partition coefficient (Wildman–Crippen LogP) is 5.35. The first-order chi connectivity index (χ1) is 14.6. The maximum Gasteiger partial charge on any atom is 0.222 e. The Morgan fingerprint density at radius 3 is 2.29 bits per heavy atom. The van der Waals surface area contributed by atoms with E-state index in [9.17, 15) is 22.0 Å². The van der Waals surface area contributed by atoms with Crippen molar-refractivity contribution in [3.63, 3.8) is 0 Å². The van der Waals surface area contributed by atoms with Gasteiger partial charge in [0.2, 0.25) is 5.91 Å². The first kappa shape index (κ1) is 23.7. The van der Waals surface area contributed by atoms with E-state index >= 15 is 0 Å². The van der Waals surface area contributed by atoms with Crippen LogP contribution >= 0.6 is 11.6 Å². The molecule has 1 fully saturated rings. The fourth-order valence-electron chi connectivity index (χ4n) is 4.35. The van der Waals surface area contributed by atoms with Crippen LogP contribution in [0.4, 0.5) is 8.78 Å². The zero-order valence-electron chi connectivity index (χ0n) is 17.6. The second-order valence-corrected chi connectivity index (χ2v) is 11.0. The zero-order chi connectivity index (χ0) is 22.8. The molecule has 168 valence electrons. The molecule has 0 heterocycles. The second kappa shape index (κ2) is 9.25. The summed E-state index contributed by atoms with van der Waals surface area (Å²) in [5, 5.41) is 0.388. The SMILES string of the molecule is CN(C)C(=O)CCC1CCC(c2cc(F)ccc2F)(S(=O)(=O)c2ccc(Cl)cc2)CC1. The van der Waals surface area contributed by atoms with Gasteiger partial charge in [-0.15, -0.1) is 0 Å². The zero-order valence-corrected chi connectivity index (χ0v) is 19.1. The topological polar surface area (TPSA) is 54.5 Å². The molecule has 1 aliphatic rings. The lowest BCUT2D eigenvalue weighted by Gasteiger charge is -2.40. The predicted molar refractivity (Wildman–Crippen MR) is 117 cm³/mol. The summed E-state index contributed by atoms with van der Waals surface area (Å²) in [5.74, 6) is -1.25. The lowest BCUT2D eigenvalue weighted by Crippen LogP contribution is -2.41. The van der Waals surface area contributed by atoms with Crippen molar-refractivity contribution >= 4 is 27.3 Å². The van der Waals surface area contributed by atoms with E-state index in [0.29, 0.717) is 30.7 Å². The molecule has 0 saturated heterocycles. The molecule has 4 nitrogen and oxygen atoms in total. The molecule has 31 heavy (non-hydrogen) atoms. The van der Waals surface area contributed by atoms with E-state index in [1.54, 1.807) is 14.1 Å². The number of sulfone groups is 1. The maximum atomic E-state index is 14.8. The van der Waals surface area contributed by atoms with E-state index in [0.717, 1.165) is 18.2 Å². The normalized spacial score (nSPS) is 21.6. The van der Waals surface area contributed by atoms with Gasteiger partial charge in [0.1, 0.15) is 16.4 Å². The average Bonchev–Trinajstić information content (AvgIpc) is 2.74. The van der Waals surface area contributed by atoms with Crippen LogP contribution in [0.3, 0.4) is 0 Å². The molecule has 1 saturated carbocycles. The average molecular weight is 470 g/mol. The number of carbonyl (C=O) groups is 1. The van der Waals surface area contributed by atoms with Gasteiger partial charge >= 0.3 is 0 Å². The molecular formula is C23H26ClF2NO3S. The summed E-state index contributed by atoms with van der Waals surface area (Å²) in [6.07, 6.45) is 2.33. The van der Waals surface area contributed by atoms with Gasteiger partial charge in [-0.25, -0.2) is 17.2 Å². The monoisotopic (exact) mass is 469 g/mol. The quantitative estimate of drug-likeness (QED) is 0.573. The smallest absolute Gasteiger partial charge is 0.222 e. The largest absolute Gasteiger partial charge is 0.349 e. The Labute approximate surface area is 187 Å². The molecule has 0 N–H and O–H groups in total. The van der Waals surface area contributed by atoms with Crippen LogP contribution < -0.4 is 0 Å². The van der Waals surface area contributed by atoms with Gasteiger partial charge in [-0.05, 0) is 80.5 Å². The number of rotatable bonds is 6. The molecule has 1 amide bonds. The molecule has 0 aliphatic heterocycles. The van der Waals surface area contributed by atoms with Gasteiger partial charge in [0.15, 0.2) is 9.84 Å². The van der Waals surface area contributed by atoms with E-state index in [2.05, 4.69) is 0 Å². The fourth-order valence-corrected chi connectivity index (χ4v) is 6.64. The molecule has 0 bridgehead atoms. The van der Waals surface area contributed by atoms with Crippen LogP contribution in [0, 0.1) is 17.6 Å². The summed E-state index contributed by atoms with van der Waals surface area (Å²) in [4.78, 5) is 13.5. The number of amides is 1. The van der Waals surface area contributed by atoms with Gasteiger partial charge in [0, 0.05) is 31.1 Å². The third-order valence-corrected chi connectivity index (χ3v) is 9.04. The summed E-state index contributed by atoms with van der Waals surface area (Å²) in [7, 11) is -0.653. The van der Waals surface area contributed by atoms with Gasteiger partial charge in [0.05, 0.1) is 4.90 Å². The van der Waals surface area contributed by atoms with E-state index in [-0.39, 0.29) is 35.1 Å². The third-order valence-electron chi connectivity index (χ3n) is 6.24. The van der Waals surface area contributed by atoms with Crippen LogP contribution in [0.25, 0.3) is 0 Å². The second-order valence-electron chi connectivity index (χ2n) is 8.35. The standard InChI is InChI=1S/C23H26ClF2NO3S/c1-27(2)22(28)10-3-16-11-13-23(14-12-16,20-15-18(25)6-9-21(20)26)31(29,30)19-7-4-17(24)5-8-19/h4-9,15-16H,3,10-14H2,1-2H3. The first-order valence-electron chi connectivity index (χ1n) is 10.2. The fraction of sp³-hybridized carbons (Fsp3) is 0.435. The number of benzene rings is 2. The van der Waals surface area contributed by atoms with Crippen molar-refractivity contribution in [2.45, 2.75) is 48.2 Å². The summed E-state index contributed by atoms with van der Waals surface area (Å²) < 4.78 is 54.8. The van der Waals surface area contributed by atoms with E-state index < -0.39 is 26.2 Å². The summed E-state index contributed by atoms with van der Waals surface area (Å²) >= 11 is 5.91. The molecule has 0 aromatic heterocycles. The Morgan fingerprint density at radius 2 is 1.71 bits per heavy atom. The van der Waals surface area contributed by atoms with Gasteiger partial charge in [-0.1, -0.05) is 11.6 Å². The minimum atomic E-state index is -4.04. The summed E-state index contributed by atoms with van der Waals surface area (Å²) in [5.41, 5.74) is -0.134. The molecule has 8 heteroatoms. The van der Waals surface area contributed by atoms with E-state index in [4.69, 9.17) is 11.6 Å². The molecule has 0 spiro atoms. The number of carbonyl (C=O) groups excluding carboxylic acids is 1. The molecule has 0 unspecified atom stereocenters. The van der Waals surface area contributed by atoms with Crippen LogP contribution in [-0.2, 0) is 19.4 Å². The lowest BCUT2D eigenvalue weighted by molar-refractivity contribution is -0.129. The molecule has 0 radical (unpaired) electrons. The highest BCUT2D eigenvalue weighted by Crippen LogP contribution is 2.50. The van der Waals surface area contributed by atoms with Crippen molar-refractivity contribution in [3.05, 3.63) is 64.7 Å². The highest BCUT2D eigenvalue weighted by molar-refractivity contribution is 7.92. The Kier molecular flexibility index (Phi) is 7.06. The molecular weight excluding hydrogens is 444 g/mol. The third kappa shape index (κ3) is 4.77. The summed E-state index contributed by atoms with van der Waals surface area (Å²) in [6, 6.07) is 8.71. The lowest BCUT2D eigenvalue weighted by atomic mass is 9.76. The Morgan fingerprint density at radius 1 is 1.10 bits per heavy atom. The first-order valence-corrected chi connectivity index (χ1v) is 12.1. The van der Waals surface area contributed by atoms with Crippen LogP contribution in [-0.4, -0.2) is 33.3 Å². The van der Waals surface area contributed by atoms with Crippen LogP contribution in [0.1, 0.15) is 44.1 Å².